The van der Waals surface area contributed by atoms with Crippen LogP contribution < -0.4 is 5.32 Å². The van der Waals surface area contributed by atoms with E-state index in [9.17, 15) is 9.59 Å². The van der Waals surface area contributed by atoms with Crippen molar-refractivity contribution >= 4 is 11.9 Å². The summed E-state index contributed by atoms with van der Waals surface area (Å²) < 4.78 is 4.96. The molecule has 4 heteroatoms. The van der Waals surface area contributed by atoms with Gasteiger partial charge in [-0.05, 0) is 19.1 Å². The molecule has 1 fully saturated rings. The van der Waals surface area contributed by atoms with Crippen molar-refractivity contribution in [3.05, 3.63) is 35.9 Å². The normalized spacial score (nSPS) is 23.9. The summed E-state index contributed by atoms with van der Waals surface area (Å²) in [5.74, 6) is -0.589. The molecule has 0 saturated carbocycles. The molecule has 0 radical (unpaired) electrons. The Balaban J connectivity index is 2.01. The molecule has 1 N–H and O–H groups in total. The van der Waals surface area contributed by atoms with E-state index in [2.05, 4.69) is 5.32 Å². The first kappa shape index (κ1) is 10.7. The fourth-order valence-electron chi connectivity index (χ4n) is 1.71. The molecule has 0 spiro atoms. The van der Waals surface area contributed by atoms with Gasteiger partial charge in [-0.15, -0.1) is 0 Å². The summed E-state index contributed by atoms with van der Waals surface area (Å²) >= 11 is 0. The number of amides is 1. The Kier molecular flexibility index (Phi) is 2.90. The highest BCUT2D eigenvalue weighted by molar-refractivity contribution is 5.97. The van der Waals surface area contributed by atoms with Gasteiger partial charge in [-0.3, -0.25) is 4.79 Å². The van der Waals surface area contributed by atoms with Crippen LogP contribution in [-0.4, -0.2) is 24.0 Å². The fraction of sp³-hybridized carbons (Fsp3) is 0.333. The summed E-state index contributed by atoms with van der Waals surface area (Å²) in [5, 5.41) is 2.66. The molecule has 1 aliphatic rings. The van der Waals surface area contributed by atoms with Crippen molar-refractivity contribution in [1.82, 2.24) is 5.32 Å². The van der Waals surface area contributed by atoms with Gasteiger partial charge < -0.3 is 10.1 Å². The van der Waals surface area contributed by atoms with Crippen molar-refractivity contribution in [1.29, 1.82) is 0 Å². The summed E-state index contributed by atoms with van der Waals surface area (Å²) in [6.45, 7) is 1.81. The Hall–Kier alpha value is -1.84. The molecule has 1 amide bonds. The first-order valence-electron chi connectivity index (χ1n) is 5.23. The fourth-order valence-corrected chi connectivity index (χ4v) is 1.71. The Morgan fingerprint density at radius 1 is 1.38 bits per heavy atom. The SMILES string of the molecule is C[C@H]1C[C@@H](NC(=O)c2ccccc2)C(=O)O1. The number of cyclic esters (lactones) is 1. The van der Waals surface area contributed by atoms with Crippen LogP contribution in [0.3, 0.4) is 0 Å². The second-order valence-corrected chi connectivity index (χ2v) is 3.88. The molecule has 84 valence electrons. The van der Waals surface area contributed by atoms with Crippen LogP contribution in [0.5, 0.6) is 0 Å². The maximum absolute atomic E-state index is 11.7. The predicted molar refractivity (Wildman–Crippen MR) is 57.9 cm³/mol. The summed E-state index contributed by atoms with van der Waals surface area (Å²) in [6.07, 6.45) is 0.422. The number of hydrogen-bond donors (Lipinski definition) is 1. The number of carbonyl (C=O) groups is 2. The Bertz CT molecular complexity index is 402. The standard InChI is InChI=1S/C12H13NO3/c1-8-7-10(12(15)16-8)13-11(14)9-5-3-2-4-6-9/h2-6,8,10H,7H2,1H3,(H,13,14)/t8-,10+/m0/s1. The third kappa shape index (κ3) is 2.21. The van der Waals surface area contributed by atoms with Gasteiger partial charge in [0.05, 0.1) is 0 Å². The van der Waals surface area contributed by atoms with Crippen LogP contribution in [-0.2, 0) is 9.53 Å². The first-order valence-corrected chi connectivity index (χ1v) is 5.23. The van der Waals surface area contributed by atoms with Gasteiger partial charge in [-0.2, -0.15) is 0 Å². The third-order valence-corrected chi connectivity index (χ3v) is 2.51. The van der Waals surface area contributed by atoms with Crippen molar-refractivity contribution in [2.24, 2.45) is 0 Å². The Morgan fingerprint density at radius 2 is 2.06 bits per heavy atom. The smallest absolute Gasteiger partial charge is 0.329 e. The molecule has 16 heavy (non-hydrogen) atoms. The predicted octanol–water partition coefficient (Wildman–Crippen LogP) is 1.12. The van der Waals surface area contributed by atoms with Gasteiger partial charge in [0.25, 0.3) is 5.91 Å². The molecule has 1 saturated heterocycles. The second-order valence-electron chi connectivity index (χ2n) is 3.88. The lowest BCUT2D eigenvalue weighted by Gasteiger charge is -2.08. The number of hydrogen-bond acceptors (Lipinski definition) is 3. The number of benzene rings is 1. The van der Waals surface area contributed by atoms with E-state index in [-0.39, 0.29) is 18.0 Å². The van der Waals surface area contributed by atoms with Gasteiger partial charge in [0.1, 0.15) is 12.1 Å². The van der Waals surface area contributed by atoms with Crippen LogP contribution in [0.15, 0.2) is 30.3 Å². The molecule has 0 aromatic heterocycles. The van der Waals surface area contributed by atoms with Crippen molar-refractivity contribution in [3.63, 3.8) is 0 Å². The average Bonchev–Trinajstić information content (AvgIpc) is 2.59. The number of ether oxygens (including phenoxy) is 1. The van der Waals surface area contributed by atoms with Gasteiger partial charge in [0.2, 0.25) is 0 Å². The van der Waals surface area contributed by atoms with Crippen molar-refractivity contribution in [2.75, 3.05) is 0 Å². The van der Waals surface area contributed by atoms with Gasteiger partial charge in [-0.25, -0.2) is 4.79 Å². The third-order valence-electron chi connectivity index (χ3n) is 2.51. The van der Waals surface area contributed by atoms with Crippen LogP contribution in [0.2, 0.25) is 0 Å². The maximum atomic E-state index is 11.7. The molecule has 1 heterocycles. The highest BCUT2D eigenvalue weighted by Gasteiger charge is 2.32. The zero-order valence-electron chi connectivity index (χ0n) is 8.97. The lowest BCUT2D eigenvalue weighted by Crippen LogP contribution is -2.37. The molecular formula is C12H13NO3. The molecule has 1 aromatic rings. The van der Waals surface area contributed by atoms with Crippen LogP contribution in [0.4, 0.5) is 0 Å². The zero-order chi connectivity index (χ0) is 11.5. The quantitative estimate of drug-likeness (QED) is 0.758. The van der Waals surface area contributed by atoms with E-state index in [4.69, 9.17) is 4.74 Å². The van der Waals surface area contributed by atoms with Gasteiger partial charge in [0.15, 0.2) is 0 Å². The van der Waals surface area contributed by atoms with Crippen LogP contribution >= 0.6 is 0 Å². The molecule has 2 rings (SSSR count). The van der Waals surface area contributed by atoms with Crippen LogP contribution in [0.25, 0.3) is 0 Å². The molecule has 0 unspecified atom stereocenters. The highest BCUT2D eigenvalue weighted by Crippen LogP contribution is 2.14. The number of carbonyl (C=O) groups excluding carboxylic acids is 2. The molecular weight excluding hydrogens is 206 g/mol. The van der Waals surface area contributed by atoms with Crippen molar-refractivity contribution < 1.29 is 14.3 Å². The Morgan fingerprint density at radius 3 is 2.62 bits per heavy atom. The number of nitrogens with one attached hydrogen (secondary N) is 1. The summed E-state index contributed by atoms with van der Waals surface area (Å²) in [7, 11) is 0. The van der Waals surface area contributed by atoms with Gasteiger partial charge in [-0.1, -0.05) is 18.2 Å². The van der Waals surface area contributed by atoms with Crippen LogP contribution in [0.1, 0.15) is 23.7 Å². The lowest BCUT2D eigenvalue weighted by molar-refractivity contribution is -0.142. The van der Waals surface area contributed by atoms with E-state index in [0.29, 0.717) is 12.0 Å². The molecule has 4 nitrogen and oxygen atoms in total. The molecule has 0 aliphatic carbocycles. The van der Waals surface area contributed by atoms with E-state index in [1.54, 1.807) is 24.3 Å². The highest BCUT2D eigenvalue weighted by atomic mass is 16.6. The zero-order valence-corrected chi connectivity index (χ0v) is 8.97. The minimum atomic E-state index is -0.511. The topological polar surface area (TPSA) is 55.4 Å². The van der Waals surface area contributed by atoms with Crippen molar-refractivity contribution in [2.45, 2.75) is 25.5 Å². The minimum Gasteiger partial charge on any atom is -0.461 e. The van der Waals surface area contributed by atoms with E-state index in [1.807, 2.05) is 13.0 Å². The summed E-state index contributed by atoms with van der Waals surface area (Å²) in [6, 6.07) is 8.30. The maximum Gasteiger partial charge on any atom is 0.329 e. The number of esters is 1. The average molecular weight is 219 g/mol. The van der Waals surface area contributed by atoms with Gasteiger partial charge in [0, 0.05) is 12.0 Å². The lowest BCUT2D eigenvalue weighted by atomic mass is 10.1. The van der Waals surface area contributed by atoms with E-state index >= 15 is 0 Å². The second kappa shape index (κ2) is 4.35. The van der Waals surface area contributed by atoms with E-state index in [0.717, 1.165) is 0 Å². The van der Waals surface area contributed by atoms with Crippen molar-refractivity contribution in [3.8, 4) is 0 Å². The van der Waals surface area contributed by atoms with E-state index in [1.165, 1.54) is 0 Å². The van der Waals surface area contributed by atoms with Crippen LogP contribution in [0, 0.1) is 0 Å². The van der Waals surface area contributed by atoms with Gasteiger partial charge >= 0.3 is 5.97 Å². The largest absolute Gasteiger partial charge is 0.461 e. The monoisotopic (exact) mass is 219 g/mol. The number of rotatable bonds is 2. The molecule has 0 bridgehead atoms. The minimum absolute atomic E-state index is 0.117. The first-order chi connectivity index (χ1) is 7.66. The molecule has 1 aromatic carbocycles. The molecule has 1 aliphatic heterocycles. The summed E-state index contributed by atoms with van der Waals surface area (Å²) in [5.41, 5.74) is 0.551. The molecule has 2 atom stereocenters. The van der Waals surface area contributed by atoms with E-state index < -0.39 is 6.04 Å². The summed E-state index contributed by atoms with van der Waals surface area (Å²) in [4.78, 5) is 23.0. The Labute approximate surface area is 93.6 Å².